The molecule has 1 amide bonds. The Bertz CT molecular complexity index is 831. The summed E-state index contributed by atoms with van der Waals surface area (Å²) in [6, 6.07) is 5.36. The summed E-state index contributed by atoms with van der Waals surface area (Å²) in [5.41, 5.74) is 0.00497. The van der Waals surface area contributed by atoms with Crippen LogP contribution in [-0.2, 0) is 9.84 Å². The van der Waals surface area contributed by atoms with Crippen LogP contribution < -0.4 is 0 Å². The zero-order chi connectivity index (χ0) is 17.6. The number of sulfone groups is 1. The van der Waals surface area contributed by atoms with Crippen molar-refractivity contribution in [3.8, 4) is 6.07 Å². The molecule has 6 nitrogen and oxygen atoms in total. The number of nitrogens with zero attached hydrogens (tertiary/aromatic N) is 3. The molecule has 0 aliphatic carbocycles. The van der Waals surface area contributed by atoms with E-state index in [-0.39, 0.29) is 35.4 Å². The molecule has 1 aromatic carbocycles. The monoisotopic (exact) mass is 351 g/mol. The Hall–Kier alpha value is -1.98. The van der Waals surface area contributed by atoms with Gasteiger partial charge in [-0.2, -0.15) is 5.26 Å². The number of likely N-dealkylation sites (tertiary alicyclic amines) is 1. The first-order chi connectivity index (χ1) is 11.2. The van der Waals surface area contributed by atoms with Crippen LogP contribution in [-0.4, -0.2) is 68.4 Å². The summed E-state index contributed by atoms with van der Waals surface area (Å²) in [6.45, 7) is 0.390. The normalized spacial score (nSPS) is 28.0. The van der Waals surface area contributed by atoms with E-state index in [4.69, 9.17) is 5.26 Å². The summed E-state index contributed by atoms with van der Waals surface area (Å²) >= 11 is 0. The van der Waals surface area contributed by atoms with E-state index in [1.54, 1.807) is 0 Å². The fraction of sp³-hybridized carbons (Fsp3) is 0.500. The molecule has 2 fully saturated rings. The number of carbonyl (C=O) groups excluding carboxylic acids is 1. The SMILES string of the molecule is CN(C)[C@@H]1CS(=O)(=O)[C@H]2CN(C(=O)c3ccc(C#N)cc3F)C[C@@H]12. The second kappa shape index (κ2) is 5.83. The number of rotatable bonds is 2. The maximum atomic E-state index is 14.1. The Morgan fingerprint density at radius 3 is 2.67 bits per heavy atom. The van der Waals surface area contributed by atoms with E-state index in [1.165, 1.54) is 17.0 Å². The van der Waals surface area contributed by atoms with Crippen LogP contribution in [0.25, 0.3) is 0 Å². The third-order valence-corrected chi connectivity index (χ3v) is 7.17. The molecule has 0 bridgehead atoms. The molecule has 0 N–H and O–H groups in total. The molecular weight excluding hydrogens is 333 g/mol. The average molecular weight is 351 g/mol. The molecule has 24 heavy (non-hydrogen) atoms. The van der Waals surface area contributed by atoms with Gasteiger partial charge in [0.25, 0.3) is 5.91 Å². The lowest BCUT2D eigenvalue weighted by atomic mass is 10.00. The van der Waals surface area contributed by atoms with E-state index in [0.717, 1.165) is 6.07 Å². The number of hydrogen-bond donors (Lipinski definition) is 0. The molecule has 0 radical (unpaired) electrons. The minimum absolute atomic E-state index is 0.0929. The third kappa shape index (κ3) is 2.68. The molecule has 1 aromatic rings. The predicted octanol–water partition coefficient (Wildman–Crippen LogP) is 0.497. The van der Waals surface area contributed by atoms with Crippen LogP contribution >= 0.6 is 0 Å². The van der Waals surface area contributed by atoms with Crippen LogP contribution in [0.2, 0.25) is 0 Å². The molecule has 0 unspecified atom stereocenters. The molecule has 2 heterocycles. The zero-order valence-electron chi connectivity index (χ0n) is 13.4. The van der Waals surface area contributed by atoms with Gasteiger partial charge in [0.2, 0.25) is 0 Å². The van der Waals surface area contributed by atoms with Gasteiger partial charge >= 0.3 is 0 Å². The van der Waals surface area contributed by atoms with Crippen molar-refractivity contribution < 1.29 is 17.6 Å². The van der Waals surface area contributed by atoms with Crippen molar-refractivity contribution in [3.63, 3.8) is 0 Å². The van der Waals surface area contributed by atoms with Gasteiger partial charge in [-0.3, -0.25) is 4.79 Å². The van der Waals surface area contributed by atoms with Gasteiger partial charge in [0.15, 0.2) is 9.84 Å². The second-order valence-corrected chi connectivity index (χ2v) is 8.84. The first kappa shape index (κ1) is 16.9. The van der Waals surface area contributed by atoms with E-state index < -0.39 is 26.8 Å². The fourth-order valence-corrected chi connectivity index (χ4v) is 6.14. The van der Waals surface area contributed by atoms with Crippen LogP contribution in [0.5, 0.6) is 0 Å². The van der Waals surface area contributed by atoms with E-state index in [9.17, 15) is 17.6 Å². The summed E-state index contributed by atoms with van der Waals surface area (Å²) in [4.78, 5) is 15.9. The first-order valence-electron chi connectivity index (χ1n) is 7.61. The van der Waals surface area contributed by atoms with Crippen LogP contribution in [0.15, 0.2) is 18.2 Å². The van der Waals surface area contributed by atoms with Crippen LogP contribution in [0.4, 0.5) is 4.39 Å². The predicted molar refractivity (Wildman–Crippen MR) is 85.6 cm³/mol. The van der Waals surface area contributed by atoms with Gasteiger partial charge in [-0.25, -0.2) is 12.8 Å². The zero-order valence-corrected chi connectivity index (χ0v) is 14.3. The van der Waals surface area contributed by atoms with Gasteiger partial charge in [0.05, 0.1) is 28.2 Å². The molecule has 0 aromatic heterocycles. The highest BCUT2D eigenvalue weighted by Crippen LogP contribution is 2.36. The number of hydrogen-bond acceptors (Lipinski definition) is 5. The van der Waals surface area contributed by atoms with Crippen molar-refractivity contribution in [1.29, 1.82) is 5.26 Å². The van der Waals surface area contributed by atoms with Crippen molar-refractivity contribution in [2.24, 2.45) is 5.92 Å². The summed E-state index contributed by atoms with van der Waals surface area (Å²) in [6.07, 6.45) is 0. The minimum atomic E-state index is -3.26. The fourth-order valence-electron chi connectivity index (χ4n) is 3.66. The van der Waals surface area contributed by atoms with Crippen LogP contribution in [0.1, 0.15) is 15.9 Å². The molecule has 3 rings (SSSR count). The summed E-state index contributed by atoms with van der Waals surface area (Å²) in [7, 11) is 0.394. The Morgan fingerprint density at radius 2 is 2.08 bits per heavy atom. The molecule has 0 saturated carbocycles. The standard InChI is InChI=1S/C16H18FN3O3S/c1-19(2)14-9-24(22,23)15-8-20(7-12(14)15)16(21)11-4-3-10(6-18)5-13(11)17/h3-5,12,14-15H,7-9H2,1-2H3/t12-,14+,15-/m0/s1. The minimum Gasteiger partial charge on any atom is -0.337 e. The Labute approximate surface area is 140 Å². The third-order valence-electron chi connectivity index (χ3n) is 4.95. The number of amides is 1. The quantitative estimate of drug-likeness (QED) is 0.775. The highest BCUT2D eigenvalue weighted by molar-refractivity contribution is 7.92. The van der Waals surface area contributed by atoms with Gasteiger partial charge < -0.3 is 9.80 Å². The highest BCUT2D eigenvalue weighted by Gasteiger charge is 2.53. The Balaban J connectivity index is 1.86. The molecule has 2 aliphatic heterocycles. The smallest absolute Gasteiger partial charge is 0.256 e. The molecular formula is C16H18FN3O3S. The van der Waals surface area contributed by atoms with Crippen molar-refractivity contribution >= 4 is 15.7 Å². The van der Waals surface area contributed by atoms with Gasteiger partial charge in [-0.1, -0.05) is 0 Å². The summed E-state index contributed by atoms with van der Waals surface area (Å²) < 4.78 is 38.7. The van der Waals surface area contributed by atoms with E-state index >= 15 is 0 Å². The second-order valence-electron chi connectivity index (χ2n) is 6.58. The highest BCUT2D eigenvalue weighted by atomic mass is 32.2. The van der Waals surface area contributed by atoms with Gasteiger partial charge in [0.1, 0.15) is 5.82 Å². The number of fused-ring (bicyclic) bond motifs is 1. The largest absolute Gasteiger partial charge is 0.337 e. The lowest BCUT2D eigenvalue weighted by Gasteiger charge is -2.25. The van der Waals surface area contributed by atoms with Crippen LogP contribution in [0, 0.1) is 23.1 Å². The first-order valence-corrected chi connectivity index (χ1v) is 9.33. The van der Waals surface area contributed by atoms with Gasteiger partial charge in [0, 0.05) is 25.0 Å². The molecule has 128 valence electrons. The van der Waals surface area contributed by atoms with Crippen LogP contribution in [0.3, 0.4) is 0 Å². The van der Waals surface area contributed by atoms with Crippen molar-refractivity contribution in [2.75, 3.05) is 32.9 Å². The van der Waals surface area contributed by atoms with Crippen molar-refractivity contribution in [1.82, 2.24) is 9.80 Å². The number of halogens is 1. The van der Waals surface area contributed by atoms with Crippen molar-refractivity contribution in [3.05, 3.63) is 35.1 Å². The molecule has 8 heteroatoms. The lowest BCUT2D eigenvalue weighted by Crippen LogP contribution is -2.38. The molecule has 2 aliphatic rings. The average Bonchev–Trinajstić information content (AvgIpc) is 3.06. The Morgan fingerprint density at radius 1 is 1.38 bits per heavy atom. The summed E-state index contributed by atoms with van der Waals surface area (Å²) in [5, 5.41) is 8.18. The lowest BCUT2D eigenvalue weighted by molar-refractivity contribution is 0.0775. The molecule has 0 spiro atoms. The number of carbonyl (C=O) groups is 1. The Kier molecular flexibility index (Phi) is 4.10. The number of nitriles is 1. The van der Waals surface area contributed by atoms with Gasteiger partial charge in [-0.05, 0) is 32.3 Å². The topological polar surface area (TPSA) is 81.5 Å². The van der Waals surface area contributed by atoms with E-state index in [0.29, 0.717) is 6.54 Å². The summed E-state index contributed by atoms with van der Waals surface area (Å²) in [5.74, 6) is -1.35. The maximum absolute atomic E-state index is 14.1. The van der Waals surface area contributed by atoms with E-state index in [1.807, 2.05) is 25.1 Å². The van der Waals surface area contributed by atoms with Crippen molar-refractivity contribution in [2.45, 2.75) is 11.3 Å². The molecule has 2 saturated heterocycles. The van der Waals surface area contributed by atoms with E-state index in [2.05, 4.69) is 0 Å². The van der Waals surface area contributed by atoms with Gasteiger partial charge in [-0.15, -0.1) is 0 Å². The number of benzene rings is 1. The molecule has 3 atom stereocenters. The maximum Gasteiger partial charge on any atom is 0.256 e.